The van der Waals surface area contributed by atoms with Gasteiger partial charge in [0.15, 0.2) is 10.8 Å². The van der Waals surface area contributed by atoms with Crippen LogP contribution >= 0.6 is 11.6 Å². The van der Waals surface area contributed by atoms with Crippen molar-refractivity contribution in [3.8, 4) is 0 Å². The fourth-order valence-corrected chi connectivity index (χ4v) is 4.45. The highest BCUT2D eigenvalue weighted by molar-refractivity contribution is 6.29. The molecule has 2 aliphatic rings. The maximum absolute atomic E-state index is 13.9. The van der Waals surface area contributed by atoms with E-state index in [9.17, 15) is 31.1 Å². The molecule has 3 aromatic rings. The molecule has 1 saturated heterocycles. The van der Waals surface area contributed by atoms with E-state index in [1.165, 1.54) is 12.1 Å². The number of urea groups is 1. The van der Waals surface area contributed by atoms with Crippen LogP contribution in [0.5, 0.6) is 0 Å². The number of likely N-dealkylation sites (tertiary alicyclic amines) is 1. The van der Waals surface area contributed by atoms with Crippen LogP contribution in [0.15, 0.2) is 24.4 Å². The molecule has 0 aliphatic carbocycles. The quantitative estimate of drug-likeness (QED) is 0.489. The van der Waals surface area contributed by atoms with Crippen LogP contribution in [0.2, 0.25) is 5.15 Å². The summed E-state index contributed by atoms with van der Waals surface area (Å²) in [4.78, 5) is 23.3. The maximum atomic E-state index is 13.9. The van der Waals surface area contributed by atoms with Gasteiger partial charge in [0, 0.05) is 37.5 Å². The predicted octanol–water partition coefficient (Wildman–Crippen LogP) is 4.22. The van der Waals surface area contributed by atoms with Crippen molar-refractivity contribution < 1.29 is 31.1 Å². The van der Waals surface area contributed by atoms with E-state index >= 15 is 0 Å². The van der Waals surface area contributed by atoms with Crippen LogP contribution in [0.1, 0.15) is 17.3 Å². The van der Waals surface area contributed by atoms with Gasteiger partial charge in [0.05, 0.1) is 23.6 Å². The van der Waals surface area contributed by atoms with Crippen molar-refractivity contribution in [1.29, 1.82) is 0 Å². The molecule has 36 heavy (non-hydrogen) atoms. The van der Waals surface area contributed by atoms with Crippen molar-refractivity contribution >= 4 is 40.5 Å². The second-order valence-corrected chi connectivity index (χ2v) is 8.97. The Hall–Kier alpha value is -3.33. The molecule has 1 atom stereocenters. The van der Waals surface area contributed by atoms with E-state index in [-0.39, 0.29) is 39.7 Å². The molecule has 192 valence electrons. The standard InChI is InChI=1S/C20H17ClF6N8O/c1-33-6-10(7-33)29-15-3-9(2-13(31-15)20(25,26)27)30-18(36)34-8-11(19(22,23)24)17-12(34)5-28-16-4-14(21)32-35(16)17/h2-5,10-11H,6-8H2,1H3,(H2,29,30,31,36). The lowest BCUT2D eigenvalue weighted by atomic mass is 10.1. The number of carbonyl (C=O) groups excluding carboxylic acids is 1. The summed E-state index contributed by atoms with van der Waals surface area (Å²) in [5, 5.41) is 8.89. The molecule has 9 nitrogen and oxygen atoms in total. The molecule has 0 saturated carbocycles. The van der Waals surface area contributed by atoms with Crippen LogP contribution in [0.25, 0.3) is 5.65 Å². The summed E-state index contributed by atoms with van der Waals surface area (Å²) in [5.41, 5.74) is -2.04. The second-order valence-electron chi connectivity index (χ2n) is 8.59. The number of carbonyl (C=O) groups is 1. The van der Waals surface area contributed by atoms with Crippen LogP contribution in [0.3, 0.4) is 0 Å². The monoisotopic (exact) mass is 534 g/mol. The van der Waals surface area contributed by atoms with Crippen LogP contribution in [-0.4, -0.2) is 69.4 Å². The Kier molecular flexibility index (Phi) is 5.66. The van der Waals surface area contributed by atoms with Gasteiger partial charge in [-0.15, -0.1) is 0 Å². The van der Waals surface area contributed by atoms with Gasteiger partial charge in [-0.05, 0) is 13.1 Å². The number of fused-ring (bicyclic) bond motifs is 3. The largest absolute Gasteiger partial charge is 0.433 e. The molecule has 16 heteroatoms. The van der Waals surface area contributed by atoms with Gasteiger partial charge >= 0.3 is 18.4 Å². The molecule has 2 aliphatic heterocycles. The second kappa shape index (κ2) is 8.37. The molecule has 5 rings (SSSR count). The summed E-state index contributed by atoms with van der Waals surface area (Å²) in [6.45, 7) is 0.351. The summed E-state index contributed by atoms with van der Waals surface area (Å²) in [5.74, 6) is -2.24. The summed E-state index contributed by atoms with van der Waals surface area (Å²) in [6, 6.07) is 1.86. The summed E-state index contributed by atoms with van der Waals surface area (Å²) in [6.07, 6.45) is -8.49. The first-order chi connectivity index (χ1) is 16.8. The van der Waals surface area contributed by atoms with Gasteiger partial charge in [-0.3, -0.25) is 4.90 Å². The first-order valence-electron chi connectivity index (χ1n) is 10.5. The number of amides is 2. The van der Waals surface area contributed by atoms with Gasteiger partial charge < -0.3 is 15.5 Å². The Morgan fingerprint density at radius 1 is 1.11 bits per heavy atom. The number of hydrogen-bond donors (Lipinski definition) is 2. The maximum Gasteiger partial charge on any atom is 0.433 e. The van der Waals surface area contributed by atoms with E-state index in [2.05, 4.69) is 25.7 Å². The van der Waals surface area contributed by atoms with Crippen molar-refractivity contribution in [3.05, 3.63) is 40.9 Å². The number of anilines is 3. The minimum Gasteiger partial charge on any atom is -0.365 e. The van der Waals surface area contributed by atoms with Gasteiger partial charge in [0.25, 0.3) is 0 Å². The fourth-order valence-electron chi connectivity index (χ4n) is 4.28. The van der Waals surface area contributed by atoms with E-state index < -0.39 is 36.5 Å². The van der Waals surface area contributed by atoms with E-state index in [0.717, 1.165) is 15.6 Å². The van der Waals surface area contributed by atoms with Gasteiger partial charge in [-0.1, -0.05) is 11.6 Å². The number of halogens is 7. The average Bonchev–Trinajstić information content (AvgIpc) is 3.31. The molecule has 5 heterocycles. The lowest BCUT2D eigenvalue weighted by Crippen LogP contribution is -2.52. The Labute approximate surface area is 204 Å². The molecule has 3 aromatic heterocycles. The number of aromatic nitrogens is 4. The molecular formula is C20H17ClF6N8O. The van der Waals surface area contributed by atoms with Crippen LogP contribution in [-0.2, 0) is 6.18 Å². The number of nitrogens with one attached hydrogen (secondary N) is 2. The zero-order chi connectivity index (χ0) is 26.0. The lowest BCUT2D eigenvalue weighted by Gasteiger charge is -2.37. The summed E-state index contributed by atoms with van der Waals surface area (Å²) < 4.78 is 82.8. The third-order valence-corrected chi connectivity index (χ3v) is 6.06. The molecule has 1 unspecified atom stereocenters. The van der Waals surface area contributed by atoms with Crippen molar-refractivity contribution in [2.75, 3.05) is 42.2 Å². The predicted molar refractivity (Wildman–Crippen MR) is 117 cm³/mol. The SMILES string of the molecule is CN1CC(Nc2cc(NC(=O)N3CC(C(F)(F)F)c4c3cnc3cc(Cl)nn43)cc(C(F)(F)F)n2)C1. The van der Waals surface area contributed by atoms with E-state index in [1.54, 1.807) is 0 Å². The zero-order valence-electron chi connectivity index (χ0n) is 18.3. The zero-order valence-corrected chi connectivity index (χ0v) is 19.1. The van der Waals surface area contributed by atoms with E-state index in [0.29, 0.717) is 19.2 Å². The lowest BCUT2D eigenvalue weighted by molar-refractivity contribution is -0.147. The Morgan fingerprint density at radius 3 is 2.47 bits per heavy atom. The van der Waals surface area contributed by atoms with Crippen molar-refractivity contribution in [3.63, 3.8) is 0 Å². The molecule has 2 N–H and O–H groups in total. The van der Waals surface area contributed by atoms with E-state index in [4.69, 9.17) is 11.6 Å². The summed E-state index contributed by atoms with van der Waals surface area (Å²) in [7, 11) is 1.84. The van der Waals surface area contributed by atoms with Gasteiger partial charge in [0.2, 0.25) is 0 Å². The topological polar surface area (TPSA) is 90.7 Å². The molecule has 0 aromatic carbocycles. The highest BCUT2D eigenvalue weighted by atomic mass is 35.5. The third-order valence-electron chi connectivity index (χ3n) is 5.88. The van der Waals surface area contributed by atoms with Gasteiger partial charge in [-0.2, -0.15) is 31.4 Å². The number of hydrogen-bond acceptors (Lipinski definition) is 6. The number of pyridine rings is 1. The van der Waals surface area contributed by atoms with Crippen LogP contribution < -0.4 is 15.5 Å². The Morgan fingerprint density at radius 2 is 1.83 bits per heavy atom. The molecule has 2 amide bonds. The van der Waals surface area contributed by atoms with Crippen molar-refractivity contribution in [1.82, 2.24) is 24.5 Å². The highest BCUT2D eigenvalue weighted by Crippen LogP contribution is 2.45. The average molecular weight is 535 g/mol. The summed E-state index contributed by atoms with van der Waals surface area (Å²) >= 11 is 5.83. The van der Waals surface area contributed by atoms with Crippen LogP contribution in [0.4, 0.5) is 48.3 Å². The smallest absolute Gasteiger partial charge is 0.365 e. The first-order valence-corrected chi connectivity index (χ1v) is 10.9. The van der Waals surface area contributed by atoms with E-state index in [1.807, 2.05) is 11.9 Å². The molecular weight excluding hydrogens is 518 g/mol. The highest BCUT2D eigenvalue weighted by Gasteiger charge is 2.50. The van der Waals surface area contributed by atoms with Gasteiger partial charge in [0.1, 0.15) is 17.4 Å². The van der Waals surface area contributed by atoms with Crippen molar-refractivity contribution in [2.45, 2.75) is 24.3 Å². The fraction of sp³-hybridized carbons (Fsp3) is 0.400. The minimum absolute atomic E-state index is 0.0524. The Bertz CT molecular complexity index is 1340. The molecule has 0 spiro atoms. The van der Waals surface area contributed by atoms with Crippen LogP contribution in [0, 0.1) is 0 Å². The Balaban J connectivity index is 1.47. The van der Waals surface area contributed by atoms with Crippen molar-refractivity contribution in [2.24, 2.45) is 0 Å². The number of alkyl halides is 6. The normalized spacial score (nSPS) is 18.9. The molecule has 0 radical (unpaired) electrons. The minimum atomic E-state index is -4.82. The van der Waals surface area contributed by atoms with Gasteiger partial charge in [-0.25, -0.2) is 19.3 Å². The first kappa shape index (κ1) is 24.4. The number of nitrogens with zero attached hydrogens (tertiary/aromatic N) is 6. The third kappa shape index (κ3) is 4.48. The number of likely N-dealkylation sites (N-methyl/N-ethyl adjacent to an activating group) is 1. The molecule has 1 fully saturated rings. The number of rotatable bonds is 3. The molecule has 0 bridgehead atoms.